The van der Waals surface area contributed by atoms with Gasteiger partial charge in [-0.25, -0.2) is 0 Å². The van der Waals surface area contributed by atoms with E-state index < -0.39 is 0 Å². The van der Waals surface area contributed by atoms with Crippen LogP contribution in [0, 0.1) is 23.4 Å². The number of hydrogen-bond acceptors (Lipinski definition) is 2. The van der Waals surface area contributed by atoms with E-state index in [4.69, 9.17) is 10.00 Å². The van der Waals surface area contributed by atoms with Crippen molar-refractivity contribution in [2.75, 3.05) is 0 Å². The topological polar surface area (TPSA) is 33.0 Å². The van der Waals surface area contributed by atoms with Crippen molar-refractivity contribution in [3.63, 3.8) is 0 Å². The Kier molecular flexibility index (Phi) is 4.79. The highest BCUT2D eigenvalue weighted by Crippen LogP contribution is 2.52. The summed E-state index contributed by atoms with van der Waals surface area (Å²) in [7, 11) is 0. The van der Waals surface area contributed by atoms with Crippen LogP contribution in [0.15, 0.2) is 0 Å². The number of nitriles is 1. The molecule has 2 fully saturated rings. The van der Waals surface area contributed by atoms with Crippen molar-refractivity contribution in [3.05, 3.63) is 0 Å². The van der Waals surface area contributed by atoms with Crippen LogP contribution in [0.1, 0.15) is 52.4 Å². The summed E-state index contributed by atoms with van der Waals surface area (Å²) >= 11 is 0. The second-order valence-electron chi connectivity index (χ2n) is 4.34. The molecule has 0 aromatic heterocycles. The Bertz CT molecular complexity index is 195. The lowest BCUT2D eigenvalue weighted by molar-refractivity contribution is 0.147. The third kappa shape index (κ3) is 3.21. The molecule has 2 aliphatic carbocycles. The highest BCUT2D eigenvalue weighted by atomic mass is 16.5. The summed E-state index contributed by atoms with van der Waals surface area (Å²) < 4.78 is 4.86. The standard InChI is InChI=1S/C7H9NO.C5H12/c8-4-9-7-2-1-5-3-6(5)7;1-3-5-4-2/h5-7H,1-3H2;3-5H2,1-2H3. The number of unbranched alkanes of at least 4 members (excludes halogenated alkanes) is 2. The van der Waals surface area contributed by atoms with Crippen molar-refractivity contribution in [1.82, 2.24) is 0 Å². The lowest BCUT2D eigenvalue weighted by Crippen LogP contribution is -2.07. The number of ether oxygens (including phenoxy) is 1. The number of hydrogen-bond donors (Lipinski definition) is 0. The third-order valence-corrected chi connectivity index (χ3v) is 3.19. The average Bonchev–Trinajstić information content (AvgIpc) is 2.87. The van der Waals surface area contributed by atoms with E-state index in [0.717, 1.165) is 18.3 Å². The van der Waals surface area contributed by atoms with Crippen LogP contribution in [-0.2, 0) is 4.74 Å². The molecule has 2 heteroatoms. The molecule has 2 nitrogen and oxygen atoms in total. The van der Waals surface area contributed by atoms with Crippen LogP contribution in [0.3, 0.4) is 0 Å². The van der Waals surface area contributed by atoms with Gasteiger partial charge in [0.1, 0.15) is 6.10 Å². The third-order valence-electron chi connectivity index (χ3n) is 3.19. The maximum absolute atomic E-state index is 8.19. The van der Waals surface area contributed by atoms with E-state index >= 15 is 0 Å². The van der Waals surface area contributed by atoms with Crippen molar-refractivity contribution >= 4 is 0 Å². The number of rotatable bonds is 3. The molecule has 0 amide bonds. The summed E-state index contributed by atoms with van der Waals surface area (Å²) in [6.07, 6.45) is 9.85. The first-order chi connectivity index (χ1) is 6.83. The second kappa shape index (κ2) is 5.90. The molecule has 2 saturated carbocycles. The van der Waals surface area contributed by atoms with Crippen LogP contribution in [0.4, 0.5) is 0 Å². The summed E-state index contributed by atoms with van der Waals surface area (Å²) in [5.74, 6) is 1.67. The Morgan fingerprint density at radius 1 is 1.29 bits per heavy atom. The van der Waals surface area contributed by atoms with Gasteiger partial charge in [-0.3, -0.25) is 0 Å². The molecular weight excluding hydrogens is 174 g/mol. The maximum Gasteiger partial charge on any atom is 0.286 e. The van der Waals surface area contributed by atoms with Gasteiger partial charge >= 0.3 is 0 Å². The minimum atomic E-state index is 0.292. The second-order valence-corrected chi connectivity index (χ2v) is 4.34. The van der Waals surface area contributed by atoms with Crippen LogP contribution in [0.5, 0.6) is 0 Å². The fourth-order valence-corrected chi connectivity index (χ4v) is 2.22. The van der Waals surface area contributed by atoms with Crippen molar-refractivity contribution < 1.29 is 4.74 Å². The highest BCUT2D eigenvalue weighted by Gasteiger charge is 2.49. The quantitative estimate of drug-likeness (QED) is 0.646. The summed E-state index contributed by atoms with van der Waals surface area (Å²) in [4.78, 5) is 0. The molecule has 0 spiro atoms. The van der Waals surface area contributed by atoms with E-state index in [2.05, 4.69) is 13.8 Å². The van der Waals surface area contributed by atoms with Crippen molar-refractivity contribution in [1.29, 1.82) is 5.26 Å². The van der Waals surface area contributed by atoms with Gasteiger partial charge in [0.15, 0.2) is 0 Å². The van der Waals surface area contributed by atoms with E-state index in [0.29, 0.717) is 6.10 Å². The van der Waals surface area contributed by atoms with Crippen LogP contribution >= 0.6 is 0 Å². The maximum atomic E-state index is 8.19. The van der Waals surface area contributed by atoms with Gasteiger partial charge in [0, 0.05) is 5.92 Å². The summed E-state index contributed by atoms with van der Waals surface area (Å²) in [6.45, 7) is 4.42. The van der Waals surface area contributed by atoms with Crippen LogP contribution in [-0.4, -0.2) is 6.10 Å². The Labute approximate surface area is 87.3 Å². The van der Waals surface area contributed by atoms with E-state index in [-0.39, 0.29) is 0 Å². The monoisotopic (exact) mass is 195 g/mol. The lowest BCUT2D eigenvalue weighted by atomic mass is 10.2. The Balaban J connectivity index is 0.000000171. The molecule has 0 aliphatic heterocycles. The van der Waals surface area contributed by atoms with E-state index in [9.17, 15) is 0 Å². The molecule has 0 aromatic carbocycles. The molecule has 2 rings (SSSR count). The van der Waals surface area contributed by atoms with Gasteiger partial charge in [-0.2, -0.15) is 5.26 Å². The molecule has 3 atom stereocenters. The molecule has 0 saturated heterocycles. The first-order valence-corrected chi connectivity index (χ1v) is 5.88. The minimum Gasteiger partial charge on any atom is -0.424 e. The Hall–Kier alpha value is -0.710. The lowest BCUT2D eigenvalue weighted by Gasteiger charge is -2.05. The first-order valence-electron chi connectivity index (χ1n) is 5.88. The summed E-state index contributed by atoms with van der Waals surface area (Å²) in [5.41, 5.74) is 0. The Morgan fingerprint density at radius 3 is 2.29 bits per heavy atom. The van der Waals surface area contributed by atoms with Gasteiger partial charge in [-0.1, -0.05) is 33.1 Å². The fraction of sp³-hybridized carbons (Fsp3) is 0.917. The fourth-order valence-electron chi connectivity index (χ4n) is 2.22. The van der Waals surface area contributed by atoms with E-state index in [1.54, 1.807) is 6.26 Å². The predicted molar refractivity (Wildman–Crippen MR) is 56.5 cm³/mol. The molecule has 0 aromatic rings. The molecular formula is C12H21NO. The normalized spacial score (nSPS) is 32.2. The SMILES string of the molecule is CCCCC.N#COC1CCC2CC21. The molecule has 0 heterocycles. The smallest absolute Gasteiger partial charge is 0.286 e. The predicted octanol–water partition coefficient (Wildman–Crippen LogP) is 3.48. The first kappa shape index (κ1) is 11.4. The van der Waals surface area contributed by atoms with Crippen LogP contribution in [0.25, 0.3) is 0 Å². The molecule has 80 valence electrons. The van der Waals surface area contributed by atoms with Crippen molar-refractivity contribution in [3.8, 4) is 6.26 Å². The zero-order valence-electron chi connectivity index (χ0n) is 9.33. The molecule has 3 unspecified atom stereocenters. The zero-order valence-corrected chi connectivity index (χ0v) is 9.33. The van der Waals surface area contributed by atoms with Crippen LogP contribution in [0.2, 0.25) is 0 Å². The van der Waals surface area contributed by atoms with Gasteiger partial charge in [-0.05, 0) is 25.2 Å². The molecule has 0 radical (unpaired) electrons. The largest absolute Gasteiger partial charge is 0.424 e. The minimum absolute atomic E-state index is 0.292. The van der Waals surface area contributed by atoms with Crippen molar-refractivity contribution in [2.24, 2.45) is 11.8 Å². The van der Waals surface area contributed by atoms with Gasteiger partial charge < -0.3 is 4.74 Å². The molecule has 14 heavy (non-hydrogen) atoms. The Morgan fingerprint density at radius 2 is 2.00 bits per heavy atom. The molecule has 2 aliphatic rings. The van der Waals surface area contributed by atoms with Gasteiger partial charge in [0.05, 0.1) is 0 Å². The average molecular weight is 195 g/mol. The number of nitrogens with zero attached hydrogens (tertiary/aromatic N) is 1. The number of fused-ring (bicyclic) bond motifs is 1. The molecule has 0 N–H and O–H groups in total. The van der Waals surface area contributed by atoms with Gasteiger partial charge in [0.25, 0.3) is 6.26 Å². The van der Waals surface area contributed by atoms with Crippen LogP contribution < -0.4 is 0 Å². The zero-order chi connectivity index (χ0) is 10.4. The van der Waals surface area contributed by atoms with Gasteiger partial charge in [-0.15, -0.1) is 0 Å². The highest BCUT2D eigenvalue weighted by molar-refractivity contribution is 4.99. The van der Waals surface area contributed by atoms with E-state index in [1.165, 1.54) is 32.1 Å². The van der Waals surface area contributed by atoms with Gasteiger partial charge in [0.2, 0.25) is 0 Å². The van der Waals surface area contributed by atoms with E-state index in [1.807, 2.05) is 0 Å². The summed E-state index contributed by atoms with van der Waals surface area (Å²) in [6, 6.07) is 0. The molecule has 0 bridgehead atoms. The van der Waals surface area contributed by atoms with Crippen molar-refractivity contribution in [2.45, 2.75) is 58.5 Å². The summed E-state index contributed by atoms with van der Waals surface area (Å²) in [5, 5.41) is 8.19.